The van der Waals surface area contributed by atoms with Gasteiger partial charge < -0.3 is 9.32 Å². The Morgan fingerprint density at radius 3 is 2.60 bits per heavy atom. The van der Waals surface area contributed by atoms with Crippen LogP contribution in [0.2, 0.25) is 0 Å². The Balaban J connectivity index is 1.61. The molecule has 0 spiro atoms. The van der Waals surface area contributed by atoms with Gasteiger partial charge in [-0.3, -0.25) is 4.79 Å². The van der Waals surface area contributed by atoms with Crippen LogP contribution in [0.4, 0.5) is 0 Å². The van der Waals surface area contributed by atoms with Crippen molar-refractivity contribution in [2.45, 2.75) is 37.8 Å². The molecular weight excluding hydrogens is 250 g/mol. The lowest BCUT2D eigenvalue weighted by molar-refractivity contribution is 0.0742. The summed E-state index contributed by atoms with van der Waals surface area (Å²) in [5.74, 6) is 0.885. The van der Waals surface area contributed by atoms with E-state index in [1.165, 1.54) is 12.8 Å². The fourth-order valence-electron chi connectivity index (χ4n) is 3.93. The molecule has 1 aromatic heterocycles. The van der Waals surface area contributed by atoms with Gasteiger partial charge in [-0.2, -0.15) is 0 Å². The van der Waals surface area contributed by atoms with E-state index in [0.29, 0.717) is 17.8 Å². The highest BCUT2D eigenvalue weighted by Gasteiger charge is 2.41. The van der Waals surface area contributed by atoms with Crippen molar-refractivity contribution >= 4 is 16.8 Å². The molecule has 4 rings (SSSR count). The molecule has 0 aliphatic carbocycles. The highest BCUT2D eigenvalue weighted by molar-refractivity contribution is 5.99. The van der Waals surface area contributed by atoms with E-state index in [4.69, 9.17) is 4.42 Å². The predicted octanol–water partition coefficient (Wildman–Crippen LogP) is 3.49. The first-order valence-corrected chi connectivity index (χ1v) is 7.47. The average molecular weight is 269 g/mol. The molecule has 3 heteroatoms. The lowest BCUT2D eigenvalue weighted by atomic mass is 9.87. The number of carbonyl (C=O) groups is 1. The Morgan fingerprint density at radius 2 is 1.90 bits per heavy atom. The average Bonchev–Trinajstić information content (AvgIpc) is 2.95. The minimum absolute atomic E-state index is 0.143. The summed E-state index contributed by atoms with van der Waals surface area (Å²) in [6.45, 7) is 0. The summed E-state index contributed by atoms with van der Waals surface area (Å²) in [4.78, 5) is 15.1. The second-order valence-corrected chi connectivity index (χ2v) is 6.23. The lowest BCUT2D eigenvalue weighted by Crippen LogP contribution is -2.42. The van der Waals surface area contributed by atoms with E-state index in [1.807, 2.05) is 30.3 Å². The number of para-hydroxylation sites is 1. The molecule has 2 aliphatic heterocycles. The summed E-state index contributed by atoms with van der Waals surface area (Å²) < 4.78 is 5.74. The molecule has 2 atom stereocenters. The maximum atomic E-state index is 12.7. The molecule has 2 aromatic rings. The van der Waals surface area contributed by atoms with Gasteiger partial charge in [0.15, 0.2) is 5.76 Å². The van der Waals surface area contributed by atoms with E-state index in [2.05, 4.69) is 11.9 Å². The number of rotatable bonds is 2. The van der Waals surface area contributed by atoms with Crippen molar-refractivity contribution < 1.29 is 9.21 Å². The van der Waals surface area contributed by atoms with Crippen molar-refractivity contribution in [2.75, 3.05) is 7.05 Å². The third-order valence-electron chi connectivity index (χ3n) is 5.14. The summed E-state index contributed by atoms with van der Waals surface area (Å²) in [6.07, 6.45) is 4.46. The first-order chi connectivity index (χ1) is 9.72. The third kappa shape index (κ3) is 1.80. The molecule has 3 heterocycles. The van der Waals surface area contributed by atoms with Gasteiger partial charge in [0.25, 0.3) is 0 Å². The van der Waals surface area contributed by atoms with Gasteiger partial charge in [-0.25, -0.2) is 0 Å². The molecule has 0 saturated carbocycles. The number of carbonyl (C=O) groups excluding carboxylic acids is 1. The molecule has 20 heavy (non-hydrogen) atoms. The maximum Gasteiger partial charge on any atom is 0.201 e. The van der Waals surface area contributed by atoms with Crippen LogP contribution in [-0.2, 0) is 0 Å². The number of hydrogen-bond donors (Lipinski definition) is 0. The Morgan fingerprint density at radius 1 is 1.20 bits per heavy atom. The highest BCUT2D eigenvalue weighted by Crippen LogP contribution is 2.39. The van der Waals surface area contributed by atoms with E-state index in [-0.39, 0.29) is 11.7 Å². The van der Waals surface area contributed by atoms with Crippen molar-refractivity contribution in [3.63, 3.8) is 0 Å². The number of furan rings is 1. The molecule has 2 saturated heterocycles. The number of piperidine rings is 1. The highest BCUT2D eigenvalue weighted by atomic mass is 16.3. The van der Waals surface area contributed by atoms with E-state index in [0.717, 1.165) is 23.8 Å². The van der Waals surface area contributed by atoms with Crippen LogP contribution in [0.1, 0.15) is 36.2 Å². The molecule has 0 amide bonds. The zero-order valence-electron chi connectivity index (χ0n) is 11.7. The first kappa shape index (κ1) is 12.2. The molecule has 0 radical (unpaired) electrons. The number of nitrogens with zero attached hydrogens (tertiary/aromatic N) is 1. The Labute approximate surface area is 118 Å². The van der Waals surface area contributed by atoms with E-state index in [1.54, 1.807) is 0 Å². The third-order valence-corrected chi connectivity index (χ3v) is 5.14. The fourth-order valence-corrected chi connectivity index (χ4v) is 3.93. The zero-order chi connectivity index (χ0) is 13.7. The quantitative estimate of drug-likeness (QED) is 0.782. The second kappa shape index (κ2) is 4.45. The first-order valence-electron chi connectivity index (χ1n) is 7.47. The Kier molecular flexibility index (Phi) is 2.71. The second-order valence-electron chi connectivity index (χ2n) is 6.23. The van der Waals surface area contributed by atoms with Gasteiger partial charge in [0.05, 0.1) is 0 Å². The molecule has 2 unspecified atom stereocenters. The smallest absolute Gasteiger partial charge is 0.201 e. The largest absolute Gasteiger partial charge is 0.453 e. The number of hydrogen-bond acceptors (Lipinski definition) is 3. The van der Waals surface area contributed by atoms with Crippen LogP contribution in [0.5, 0.6) is 0 Å². The standard InChI is InChI=1S/C17H19NO2/c1-18-13-6-7-14(18)9-12(8-13)17(19)16-10-11-4-2-3-5-15(11)20-16/h2-5,10,12-14H,6-9H2,1H3. The summed E-state index contributed by atoms with van der Waals surface area (Å²) in [6, 6.07) is 10.9. The van der Waals surface area contributed by atoms with Gasteiger partial charge in [-0.1, -0.05) is 18.2 Å². The van der Waals surface area contributed by atoms with Gasteiger partial charge in [0, 0.05) is 23.4 Å². The van der Waals surface area contributed by atoms with Crippen molar-refractivity contribution in [3.05, 3.63) is 36.1 Å². The molecule has 0 N–H and O–H groups in total. The van der Waals surface area contributed by atoms with Crippen LogP contribution in [0.15, 0.2) is 34.7 Å². The van der Waals surface area contributed by atoms with Gasteiger partial charge >= 0.3 is 0 Å². The normalized spacial score (nSPS) is 29.9. The van der Waals surface area contributed by atoms with Crippen LogP contribution >= 0.6 is 0 Å². The van der Waals surface area contributed by atoms with E-state index < -0.39 is 0 Å². The number of fused-ring (bicyclic) bond motifs is 3. The summed E-state index contributed by atoms with van der Waals surface area (Å²) in [5, 5.41) is 1.02. The zero-order valence-corrected chi connectivity index (χ0v) is 11.7. The molecule has 3 nitrogen and oxygen atoms in total. The van der Waals surface area contributed by atoms with Crippen molar-refractivity contribution in [1.29, 1.82) is 0 Å². The van der Waals surface area contributed by atoms with Crippen LogP contribution < -0.4 is 0 Å². The summed E-state index contributed by atoms with van der Waals surface area (Å²) >= 11 is 0. The Bertz CT molecular complexity index is 613. The minimum Gasteiger partial charge on any atom is -0.453 e. The van der Waals surface area contributed by atoms with Crippen LogP contribution in [0, 0.1) is 5.92 Å². The van der Waals surface area contributed by atoms with Gasteiger partial charge in [-0.15, -0.1) is 0 Å². The molecule has 2 aliphatic rings. The maximum absolute atomic E-state index is 12.7. The molecule has 1 aromatic carbocycles. The van der Waals surface area contributed by atoms with E-state index >= 15 is 0 Å². The van der Waals surface area contributed by atoms with Crippen LogP contribution in [0.3, 0.4) is 0 Å². The monoisotopic (exact) mass is 269 g/mol. The minimum atomic E-state index is 0.143. The number of ketones is 1. The molecular formula is C17H19NO2. The topological polar surface area (TPSA) is 33.5 Å². The van der Waals surface area contributed by atoms with Gasteiger partial charge in [0.2, 0.25) is 5.78 Å². The summed E-state index contributed by atoms with van der Waals surface area (Å²) in [5.41, 5.74) is 0.812. The van der Waals surface area contributed by atoms with E-state index in [9.17, 15) is 4.79 Å². The van der Waals surface area contributed by atoms with Crippen molar-refractivity contribution in [1.82, 2.24) is 4.90 Å². The fraction of sp³-hybridized carbons (Fsp3) is 0.471. The van der Waals surface area contributed by atoms with Gasteiger partial charge in [0.1, 0.15) is 5.58 Å². The van der Waals surface area contributed by atoms with Crippen molar-refractivity contribution in [3.8, 4) is 0 Å². The van der Waals surface area contributed by atoms with Crippen LogP contribution in [0.25, 0.3) is 11.0 Å². The number of benzene rings is 1. The van der Waals surface area contributed by atoms with Gasteiger partial charge in [-0.05, 0) is 44.9 Å². The molecule has 104 valence electrons. The lowest BCUT2D eigenvalue weighted by Gasteiger charge is -2.35. The predicted molar refractivity (Wildman–Crippen MR) is 77.8 cm³/mol. The van der Waals surface area contributed by atoms with Crippen LogP contribution in [-0.4, -0.2) is 29.8 Å². The molecule has 2 fully saturated rings. The number of Topliss-reactive ketones (excluding diaryl/α,β-unsaturated/α-hetero) is 1. The summed E-state index contributed by atoms with van der Waals surface area (Å²) in [7, 11) is 2.20. The molecule has 2 bridgehead atoms. The Hall–Kier alpha value is -1.61. The van der Waals surface area contributed by atoms with Crippen molar-refractivity contribution in [2.24, 2.45) is 5.92 Å². The SMILES string of the molecule is CN1C2CCC1CC(C(=O)c1cc3ccccc3o1)C2.